The molecule has 5 nitrogen and oxygen atoms in total. The van der Waals surface area contributed by atoms with Crippen molar-refractivity contribution < 1.29 is 14.3 Å². The van der Waals surface area contributed by atoms with E-state index >= 15 is 0 Å². The summed E-state index contributed by atoms with van der Waals surface area (Å²) >= 11 is 0. The van der Waals surface area contributed by atoms with Crippen LogP contribution in [0.1, 0.15) is 39.0 Å². The quantitative estimate of drug-likeness (QED) is 0.691. The monoisotopic (exact) mass is 242 g/mol. The molecule has 0 aromatic rings. The van der Waals surface area contributed by atoms with E-state index in [1.165, 1.54) is 0 Å². The Hall–Kier alpha value is -1.10. The van der Waals surface area contributed by atoms with Crippen molar-refractivity contribution in [1.29, 1.82) is 0 Å². The van der Waals surface area contributed by atoms with Crippen LogP contribution in [0.5, 0.6) is 0 Å². The van der Waals surface area contributed by atoms with Gasteiger partial charge in [0, 0.05) is 12.5 Å². The minimum absolute atomic E-state index is 0.0470. The summed E-state index contributed by atoms with van der Waals surface area (Å²) in [6.45, 7) is 2.03. The molecule has 0 spiro atoms. The van der Waals surface area contributed by atoms with Crippen molar-refractivity contribution in [3.63, 3.8) is 0 Å². The van der Waals surface area contributed by atoms with Crippen molar-refractivity contribution in [3.05, 3.63) is 0 Å². The Morgan fingerprint density at radius 1 is 1.35 bits per heavy atom. The zero-order valence-electron chi connectivity index (χ0n) is 10.4. The normalized spacial score (nSPS) is 24.1. The molecule has 0 saturated heterocycles. The lowest BCUT2D eigenvalue weighted by Crippen LogP contribution is -2.38. The summed E-state index contributed by atoms with van der Waals surface area (Å²) in [7, 11) is 0. The Morgan fingerprint density at radius 3 is 2.71 bits per heavy atom. The van der Waals surface area contributed by atoms with E-state index in [1.807, 2.05) is 0 Å². The zero-order valence-corrected chi connectivity index (χ0v) is 10.4. The molecule has 1 amide bonds. The van der Waals surface area contributed by atoms with E-state index in [9.17, 15) is 9.59 Å². The summed E-state index contributed by atoms with van der Waals surface area (Å²) in [6, 6.07) is 0.122. The van der Waals surface area contributed by atoms with Gasteiger partial charge in [0.2, 0.25) is 5.91 Å². The summed E-state index contributed by atoms with van der Waals surface area (Å²) in [5, 5.41) is 2.57. The first-order chi connectivity index (χ1) is 8.13. The summed E-state index contributed by atoms with van der Waals surface area (Å²) in [4.78, 5) is 22.6. The average Bonchev–Trinajstić information content (AvgIpc) is 2.30. The van der Waals surface area contributed by atoms with Gasteiger partial charge in [-0.3, -0.25) is 9.59 Å². The molecule has 1 rings (SSSR count). The predicted octanol–water partition coefficient (Wildman–Crippen LogP) is 0.573. The highest BCUT2D eigenvalue weighted by Crippen LogP contribution is 2.25. The maximum absolute atomic E-state index is 11.6. The van der Waals surface area contributed by atoms with Gasteiger partial charge in [0.05, 0.1) is 6.61 Å². The SMILES string of the molecule is CCOC(=O)CNC(=O)CC1CCCCC1N. The van der Waals surface area contributed by atoms with Crippen LogP contribution < -0.4 is 11.1 Å². The number of carbonyl (C=O) groups excluding carboxylic acids is 2. The number of ether oxygens (including phenoxy) is 1. The topological polar surface area (TPSA) is 81.4 Å². The van der Waals surface area contributed by atoms with Gasteiger partial charge >= 0.3 is 5.97 Å². The second kappa shape index (κ2) is 7.27. The van der Waals surface area contributed by atoms with Crippen LogP contribution in [0.2, 0.25) is 0 Å². The lowest BCUT2D eigenvalue weighted by Gasteiger charge is -2.27. The molecule has 2 unspecified atom stereocenters. The van der Waals surface area contributed by atoms with E-state index < -0.39 is 5.97 Å². The standard InChI is InChI=1S/C12H22N2O3/c1-2-17-12(16)8-14-11(15)7-9-5-3-4-6-10(9)13/h9-10H,2-8,13H2,1H3,(H,14,15). The molecule has 2 atom stereocenters. The summed E-state index contributed by atoms with van der Waals surface area (Å²) in [5.41, 5.74) is 5.96. The highest BCUT2D eigenvalue weighted by atomic mass is 16.5. The molecule has 0 aliphatic heterocycles. The van der Waals surface area contributed by atoms with E-state index in [1.54, 1.807) is 6.92 Å². The van der Waals surface area contributed by atoms with Gasteiger partial charge in [0.1, 0.15) is 6.54 Å². The minimum Gasteiger partial charge on any atom is -0.465 e. The third-order valence-corrected chi connectivity index (χ3v) is 3.15. The fourth-order valence-corrected chi connectivity index (χ4v) is 2.18. The minimum atomic E-state index is -0.395. The van der Waals surface area contributed by atoms with Crippen molar-refractivity contribution >= 4 is 11.9 Å². The first-order valence-electron chi connectivity index (χ1n) is 6.31. The molecule has 0 aromatic carbocycles. The number of hydrogen-bond donors (Lipinski definition) is 2. The van der Waals surface area contributed by atoms with Gasteiger partial charge in [-0.15, -0.1) is 0 Å². The molecule has 1 aliphatic carbocycles. The Balaban J connectivity index is 2.22. The number of nitrogens with one attached hydrogen (secondary N) is 1. The summed E-state index contributed by atoms with van der Waals surface area (Å²) in [5.74, 6) is -0.250. The number of nitrogens with two attached hydrogens (primary N) is 1. The lowest BCUT2D eigenvalue weighted by atomic mass is 9.83. The molecular weight excluding hydrogens is 220 g/mol. The number of rotatable bonds is 5. The molecule has 17 heavy (non-hydrogen) atoms. The van der Waals surface area contributed by atoms with Crippen LogP contribution in [-0.4, -0.2) is 31.1 Å². The Morgan fingerprint density at radius 2 is 2.06 bits per heavy atom. The van der Waals surface area contributed by atoms with E-state index in [2.05, 4.69) is 5.32 Å². The number of amides is 1. The van der Waals surface area contributed by atoms with Gasteiger partial charge in [0.15, 0.2) is 0 Å². The highest BCUT2D eigenvalue weighted by molar-refractivity contribution is 5.82. The molecule has 0 aromatic heterocycles. The van der Waals surface area contributed by atoms with Crippen LogP contribution in [0.15, 0.2) is 0 Å². The maximum Gasteiger partial charge on any atom is 0.325 e. The zero-order chi connectivity index (χ0) is 12.7. The van der Waals surface area contributed by atoms with Crippen molar-refractivity contribution in [1.82, 2.24) is 5.32 Å². The van der Waals surface area contributed by atoms with Crippen LogP contribution in [-0.2, 0) is 14.3 Å². The second-order valence-electron chi connectivity index (χ2n) is 4.49. The Kier molecular flexibility index (Phi) is 5.97. The fraction of sp³-hybridized carbons (Fsp3) is 0.833. The average molecular weight is 242 g/mol. The van der Waals surface area contributed by atoms with Crippen molar-refractivity contribution in [2.75, 3.05) is 13.2 Å². The second-order valence-corrected chi connectivity index (χ2v) is 4.49. The van der Waals surface area contributed by atoms with Crippen LogP contribution in [0, 0.1) is 5.92 Å². The van der Waals surface area contributed by atoms with Gasteiger partial charge in [-0.05, 0) is 25.7 Å². The number of hydrogen-bond acceptors (Lipinski definition) is 4. The van der Waals surface area contributed by atoms with Gasteiger partial charge in [-0.1, -0.05) is 12.8 Å². The lowest BCUT2D eigenvalue weighted by molar-refractivity contribution is -0.143. The van der Waals surface area contributed by atoms with Gasteiger partial charge in [0.25, 0.3) is 0 Å². The molecule has 1 aliphatic rings. The fourth-order valence-electron chi connectivity index (χ4n) is 2.18. The maximum atomic E-state index is 11.6. The number of esters is 1. The molecule has 0 heterocycles. The third kappa shape index (κ3) is 5.17. The van der Waals surface area contributed by atoms with Crippen LogP contribution >= 0.6 is 0 Å². The van der Waals surface area contributed by atoms with Gasteiger partial charge in [-0.25, -0.2) is 0 Å². The summed E-state index contributed by atoms with van der Waals surface area (Å²) in [6.07, 6.45) is 4.72. The third-order valence-electron chi connectivity index (χ3n) is 3.15. The smallest absolute Gasteiger partial charge is 0.325 e. The van der Waals surface area contributed by atoms with Crippen LogP contribution in [0.4, 0.5) is 0 Å². The van der Waals surface area contributed by atoms with E-state index in [0.717, 1.165) is 25.7 Å². The van der Waals surface area contributed by atoms with Crippen LogP contribution in [0.3, 0.4) is 0 Å². The van der Waals surface area contributed by atoms with E-state index in [0.29, 0.717) is 13.0 Å². The molecule has 3 N–H and O–H groups in total. The molecular formula is C12H22N2O3. The molecule has 98 valence electrons. The Labute approximate surface area is 102 Å². The van der Waals surface area contributed by atoms with Crippen molar-refractivity contribution in [2.45, 2.75) is 45.1 Å². The number of carbonyl (C=O) groups is 2. The molecule has 5 heteroatoms. The van der Waals surface area contributed by atoms with E-state index in [4.69, 9.17) is 10.5 Å². The summed E-state index contributed by atoms with van der Waals surface area (Å²) < 4.78 is 4.73. The largest absolute Gasteiger partial charge is 0.465 e. The van der Waals surface area contributed by atoms with Crippen molar-refractivity contribution in [2.24, 2.45) is 11.7 Å². The highest BCUT2D eigenvalue weighted by Gasteiger charge is 2.24. The van der Waals surface area contributed by atoms with Gasteiger partial charge in [-0.2, -0.15) is 0 Å². The molecule has 1 fully saturated rings. The Bertz CT molecular complexity index is 268. The molecule has 1 saturated carbocycles. The van der Waals surface area contributed by atoms with Crippen molar-refractivity contribution in [3.8, 4) is 0 Å². The predicted molar refractivity (Wildman–Crippen MR) is 64.2 cm³/mol. The molecule has 0 bridgehead atoms. The first kappa shape index (κ1) is 14.0. The van der Waals surface area contributed by atoms with E-state index in [-0.39, 0.29) is 24.4 Å². The first-order valence-corrected chi connectivity index (χ1v) is 6.31. The van der Waals surface area contributed by atoms with Gasteiger partial charge < -0.3 is 15.8 Å². The molecule has 0 radical (unpaired) electrons. The van der Waals surface area contributed by atoms with Crippen LogP contribution in [0.25, 0.3) is 0 Å².